The fourth-order valence-electron chi connectivity index (χ4n) is 1.66. The number of carboxylic acids is 1. The van der Waals surface area contributed by atoms with Gasteiger partial charge in [0.25, 0.3) is 0 Å². The minimum Gasteiger partial charge on any atom is -0.478 e. The predicted octanol–water partition coefficient (Wildman–Crippen LogP) is 3.11. The average molecular weight is 322 g/mol. The highest BCUT2D eigenvalue weighted by Crippen LogP contribution is 2.22. The second-order valence-electron chi connectivity index (χ2n) is 4.00. The molecule has 2 heterocycles. The summed E-state index contributed by atoms with van der Waals surface area (Å²) in [6, 6.07) is 5.21. The largest absolute Gasteiger partial charge is 0.478 e. The molecule has 2 rings (SSSR count). The number of carboxylic acid groups (broad SMARTS) is 1. The second kappa shape index (κ2) is 5.79. The molecule has 0 bridgehead atoms. The van der Waals surface area contributed by atoms with Gasteiger partial charge in [0.2, 0.25) is 0 Å². The number of aromatic nitrogens is 2. The van der Waals surface area contributed by atoms with Gasteiger partial charge < -0.3 is 10.4 Å². The van der Waals surface area contributed by atoms with Crippen molar-refractivity contribution in [1.29, 1.82) is 0 Å². The molecule has 1 atom stereocenters. The molecule has 0 radical (unpaired) electrons. The molecule has 5 nitrogen and oxygen atoms in total. The van der Waals surface area contributed by atoms with Gasteiger partial charge in [0.15, 0.2) is 0 Å². The Morgan fingerprint density at radius 3 is 2.74 bits per heavy atom. The number of carbonyl (C=O) groups is 1. The lowest BCUT2D eigenvalue weighted by atomic mass is 10.1. The first-order chi connectivity index (χ1) is 9.08. The molecule has 0 saturated heterocycles. The van der Waals surface area contributed by atoms with E-state index in [9.17, 15) is 4.79 Å². The maximum Gasteiger partial charge on any atom is 0.339 e. The Balaban J connectivity index is 2.26. The second-order valence-corrected chi connectivity index (χ2v) is 4.92. The van der Waals surface area contributed by atoms with Gasteiger partial charge in [-0.25, -0.2) is 9.78 Å². The maximum absolute atomic E-state index is 11.2. The van der Waals surface area contributed by atoms with Gasteiger partial charge in [0.1, 0.15) is 11.4 Å². The van der Waals surface area contributed by atoms with Crippen LogP contribution in [0.3, 0.4) is 0 Å². The van der Waals surface area contributed by atoms with E-state index in [-0.39, 0.29) is 11.6 Å². The summed E-state index contributed by atoms with van der Waals surface area (Å²) in [6.45, 7) is 1.94. The highest BCUT2D eigenvalue weighted by Gasteiger charge is 2.14. The third kappa shape index (κ3) is 3.29. The van der Waals surface area contributed by atoms with E-state index in [4.69, 9.17) is 5.11 Å². The summed E-state index contributed by atoms with van der Waals surface area (Å²) in [6.07, 6.45) is 4.95. The topological polar surface area (TPSA) is 75.1 Å². The first-order valence-corrected chi connectivity index (χ1v) is 6.42. The van der Waals surface area contributed by atoms with Crippen molar-refractivity contribution >= 4 is 27.7 Å². The van der Waals surface area contributed by atoms with Crippen LogP contribution in [0.15, 0.2) is 41.3 Å². The number of hydrogen-bond acceptors (Lipinski definition) is 4. The molecule has 0 aliphatic rings. The summed E-state index contributed by atoms with van der Waals surface area (Å²) in [5, 5.41) is 12.3. The van der Waals surface area contributed by atoms with Crippen LogP contribution < -0.4 is 5.32 Å². The minimum atomic E-state index is -1.02. The van der Waals surface area contributed by atoms with Crippen LogP contribution in [0.2, 0.25) is 0 Å². The van der Waals surface area contributed by atoms with Gasteiger partial charge in [-0.1, -0.05) is 0 Å². The van der Waals surface area contributed by atoms with Crippen molar-refractivity contribution < 1.29 is 9.90 Å². The van der Waals surface area contributed by atoms with Crippen molar-refractivity contribution in [1.82, 2.24) is 9.97 Å². The molecule has 0 aliphatic carbocycles. The normalized spacial score (nSPS) is 11.9. The lowest BCUT2D eigenvalue weighted by Crippen LogP contribution is -2.12. The average Bonchev–Trinajstić information content (AvgIpc) is 2.41. The number of rotatable bonds is 4. The van der Waals surface area contributed by atoms with Crippen LogP contribution in [0.25, 0.3) is 0 Å². The van der Waals surface area contributed by atoms with Crippen molar-refractivity contribution in [2.45, 2.75) is 13.0 Å². The molecule has 2 N–H and O–H groups in total. The molecule has 0 amide bonds. The highest BCUT2D eigenvalue weighted by atomic mass is 79.9. The molecule has 19 heavy (non-hydrogen) atoms. The summed E-state index contributed by atoms with van der Waals surface area (Å²) in [7, 11) is 0. The molecular weight excluding hydrogens is 310 g/mol. The van der Waals surface area contributed by atoms with Crippen LogP contribution in [0.1, 0.15) is 28.9 Å². The molecule has 98 valence electrons. The van der Waals surface area contributed by atoms with Crippen LogP contribution in [0.4, 0.5) is 5.82 Å². The van der Waals surface area contributed by atoms with Crippen molar-refractivity contribution in [3.63, 3.8) is 0 Å². The van der Waals surface area contributed by atoms with Gasteiger partial charge >= 0.3 is 5.97 Å². The van der Waals surface area contributed by atoms with Gasteiger partial charge in [0, 0.05) is 23.1 Å². The Hall–Kier alpha value is -1.95. The zero-order chi connectivity index (χ0) is 13.8. The highest BCUT2D eigenvalue weighted by molar-refractivity contribution is 9.10. The predicted molar refractivity (Wildman–Crippen MR) is 75.2 cm³/mol. The Morgan fingerprint density at radius 2 is 2.11 bits per heavy atom. The third-order valence-corrected chi connectivity index (χ3v) is 3.08. The number of halogens is 1. The fraction of sp³-hybridized carbons (Fsp3) is 0.154. The van der Waals surface area contributed by atoms with Crippen LogP contribution in [0.5, 0.6) is 0 Å². The Labute approximate surface area is 118 Å². The van der Waals surface area contributed by atoms with Crippen molar-refractivity contribution in [3.05, 3.63) is 52.4 Å². The summed E-state index contributed by atoms with van der Waals surface area (Å²) in [4.78, 5) is 19.2. The molecule has 1 unspecified atom stereocenters. The van der Waals surface area contributed by atoms with Gasteiger partial charge in [0.05, 0.1) is 6.04 Å². The van der Waals surface area contributed by atoms with E-state index in [2.05, 4.69) is 31.2 Å². The van der Waals surface area contributed by atoms with E-state index in [1.54, 1.807) is 18.6 Å². The SMILES string of the molecule is CC(Nc1ncc(Br)cc1C(=O)O)c1ccncc1. The molecule has 2 aromatic heterocycles. The van der Waals surface area contributed by atoms with E-state index < -0.39 is 5.97 Å². The van der Waals surface area contributed by atoms with E-state index >= 15 is 0 Å². The molecule has 0 aliphatic heterocycles. The number of hydrogen-bond donors (Lipinski definition) is 2. The number of anilines is 1. The zero-order valence-corrected chi connectivity index (χ0v) is 11.8. The fourth-order valence-corrected chi connectivity index (χ4v) is 1.99. The number of pyridine rings is 2. The zero-order valence-electron chi connectivity index (χ0n) is 10.2. The van der Waals surface area contributed by atoms with Crippen LogP contribution >= 0.6 is 15.9 Å². The van der Waals surface area contributed by atoms with Gasteiger partial charge in [-0.15, -0.1) is 0 Å². The molecule has 0 saturated carbocycles. The molecule has 0 fully saturated rings. The van der Waals surface area contributed by atoms with Crippen molar-refractivity contribution in [2.75, 3.05) is 5.32 Å². The third-order valence-electron chi connectivity index (χ3n) is 2.64. The maximum atomic E-state index is 11.2. The summed E-state index contributed by atoms with van der Waals surface area (Å²) >= 11 is 3.21. The summed E-state index contributed by atoms with van der Waals surface area (Å²) < 4.78 is 0.631. The van der Waals surface area contributed by atoms with Crippen molar-refractivity contribution in [3.8, 4) is 0 Å². The number of nitrogens with zero attached hydrogens (tertiary/aromatic N) is 2. The molecule has 6 heteroatoms. The quantitative estimate of drug-likeness (QED) is 0.905. The van der Waals surface area contributed by atoms with Gasteiger partial charge in [-0.3, -0.25) is 4.98 Å². The lowest BCUT2D eigenvalue weighted by molar-refractivity contribution is 0.0697. The Bertz CT molecular complexity index is 590. The first kappa shape index (κ1) is 13.5. The lowest BCUT2D eigenvalue weighted by Gasteiger charge is -2.16. The van der Waals surface area contributed by atoms with Crippen molar-refractivity contribution in [2.24, 2.45) is 0 Å². The van der Waals surface area contributed by atoms with E-state index in [1.807, 2.05) is 19.1 Å². The molecule has 0 aromatic carbocycles. The Morgan fingerprint density at radius 1 is 1.42 bits per heavy atom. The molecule has 2 aromatic rings. The van der Waals surface area contributed by atoms with Crippen LogP contribution in [-0.2, 0) is 0 Å². The van der Waals surface area contributed by atoms with Gasteiger partial charge in [-0.05, 0) is 46.6 Å². The van der Waals surface area contributed by atoms with Crippen LogP contribution in [0, 0.1) is 0 Å². The standard InChI is InChI=1S/C13H12BrN3O2/c1-8(9-2-4-15-5-3-9)17-12-11(13(18)19)6-10(14)7-16-12/h2-8H,1H3,(H,16,17)(H,18,19). The number of aromatic carboxylic acids is 1. The first-order valence-electron chi connectivity index (χ1n) is 5.63. The minimum absolute atomic E-state index is 0.0604. The summed E-state index contributed by atoms with van der Waals surface area (Å²) in [5.74, 6) is -0.668. The summed E-state index contributed by atoms with van der Waals surface area (Å²) in [5.41, 5.74) is 1.14. The molecule has 0 spiro atoms. The van der Waals surface area contributed by atoms with E-state index in [0.717, 1.165) is 5.56 Å². The monoisotopic (exact) mass is 321 g/mol. The Kier molecular flexibility index (Phi) is 4.11. The number of nitrogens with one attached hydrogen (secondary N) is 1. The van der Waals surface area contributed by atoms with E-state index in [0.29, 0.717) is 10.3 Å². The smallest absolute Gasteiger partial charge is 0.339 e. The van der Waals surface area contributed by atoms with Crippen LogP contribution in [-0.4, -0.2) is 21.0 Å². The van der Waals surface area contributed by atoms with E-state index in [1.165, 1.54) is 6.07 Å². The van der Waals surface area contributed by atoms with Gasteiger partial charge in [-0.2, -0.15) is 0 Å². The molecular formula is C13H12BrN3O2.